The Morgan fingerprint density at radius 3 is 2.16 bits per heavy atom. The first-order valence-corrected chi connectivity index (χ1v) is 7.71. The Morgan fingerprint density at radius 2 is 1.68 bits per heavy atom. The third kappa shape index (κ3) is 3.69. The van der Waals surface area contributed by atoms with E-state index in [2.05, 4.69) is 17.1 Å². The summed E-state index contributed by atoms with van der Waals surface area (Å²) in [6.07, 6.45) is 5.74. The van der Waals surface area contributed by atoms with Crippen LogP contribution >= 0.6 is 0 Å². The van der Waals surface area contributed by atoms with Crippen molar-refractivity contribution in [2.45, 2.75) is 44.8 Å². The molecular formula is C15H30N2O2. The summed E-state index contributed by atoms with van der Waals surface area (Å²) < 4.78 is 11.1. The average molecular weight is 270 g/mol. The molecule has 4 heteroatoms. The van der Waals surface area contributed by atoms with Crippen molar-refractivity contribution in [1.29, 1.82) is 0 Å². The highest BCUT2D eigenvalue weighted by molar-refractivity contribution is 4.92. The second-order valence-corrected chi connectivity index (χ2v) is 6.24. The minimum Gasteiger partial charge on any atom is -0.377 e. The van der Waals surface area contributed by atoms with E-state index in [1.165, 1.54) is 45.3 Å². The summed E-state index contributed by atoms with van der Waals surface area (Å²) >= 11 is 0. The SMILES string of the molecule is CCCC1(CN2CC(OC)C(OC)C2)CCNCC1. The van der Waals surface area contributed by atoms with E-state index in [9.17, 15) is 0 Å². The Bertz CT molecular complexity index is 249. The summed E-state index contributed by atoms with van der Waals surface area (Å²) in [6, 6.07) is 0. The monoisotopic (exact) mass is 270 g/mol. The van der Waals surface area contributed by atoms with Crippen LogP contribution in [0.4, 0.5) is 0 Å². The molecule has 0 amide bonds. The fraction of sp³-hybridized carbons (Fsp3) is 1.00. The zero-order valence-corrected chi connectivity index (χ0v) is 12.8. The molecule has 0 aromatic heterocycles. The van der Waals surface area contributed by atoms with Gasteiger partial charge in [-0.15, -0.1) is 0 Å². The number of methoxy groups -OCH3 is 2. The van der Waals surface area contributed by atoms with Gasteiger partial charge < -0.3 is 14.8 Å². The highest BCUT2D eigenvalue weighted by Gasteiger charge is 2.39. The van der Waals surface area contributed by atoms with Crippen LogP contribution < -0.4 is 5.32 Å². The molecule has 2 aliphatic rings. The van der Waals surface area contributed by atoms with Crippen molar-refractivity contribution in [3.05, 3.63) is 0 Å². The van der Waals surface area contributed by atoms with Gasteiger partial charge in [-0.05, 0) is 37.8 Å². The smallest absolute Gasteiger partial charge is 0.0971 e. The molecule has 0 bridgehead atoms. The third-order valence-electron chi connectivity index (χ3n) is 4.90. The summed E-state index contributed by atoms with van der Waals surface area (Å²) in [4.78, 5) is 2.56. The molecular weight excluding hydrogens is 240 g/mol. The average Bonchev–Trinajstić information content (AvgIpc) is 2.82. The summed E-state index contributed by atoms with van der Waals surface area (Å²) in [6.45, 7) is 7.91. The highest BCUT2D eigenvalue weighted by Crippen LogP contribution is 2.36. The molecule has 2 rings (SSSR count). The Morgan fingerprint density at radius 1 is 1.11 bits per heavy atom. The van der Waals surface area contributed by atoms with Crippen LogP contribution in [0.5, 0.6) is 0 Å². The van der Waals surface area contributed by atoms with E-state index in [0.717, 1.165) is 13.1 Å². The van der Waals surface area contributed by atoms with Crippen LogP contribution in [0.3, 0.4) is 0 Å². The summed E-state index contributed by atoms with van der Waals surface area (Å²) in [5, 5.41) is 3.49. The molecule has 1 N–H and O–H groups in total. The standard InChI is InChI=1S/C15H30N2O2/c1-4-5-15(6-8-16-9-7-15)12-17-10-13(18-2)14(11-17)19-3/h13-14,16H,4-12H2,1-3H3. The van der Waals surface area contributed by atoms with E-state index in [1.54, 1.807) is 14.2 Å². The molecule has 2 unspecified atom stereocenters. The minimum atomic E-state index is 0.241. The molecule has 2 heterocycles. The lowest BCUT2D eigenvalue weighted by Gasteiger charge is -2.40. The number of nitrogens with zero attached hydrogens (tertiary/aromatic N) is 1. The van der Waals surface area contributed by atoms with Crippen LogP contribution in [0, 0.1) is 5.41 Å². The van der Waals surface area contributed by atoms with Crippen LogP contribution in [0.1, 0.15) is 32.6 Å². The van der Waals surface area contributed by atoms with Crippen molar-refractivity contribution in [2.75, 3.05) is 46.9 Å². The first kappa shape index (κ1) is 15.2. The molecule has 2 aliphatic heterocycles. The van der Waals surface area contributed by atoms with E-state index in [1.807, 2.05) is 0 Å². The third-order valence-corrected chi connectivity index (χ3v) is 4.90. The number of ether oxygens (including phenoxy) is 2. The van der Waals surface area contributed by atoms with E-state index in [-0.39, 0.29) is 12.2 Å². The van der Waals surface area contributed by atoms with E-state index >= 15 is 0 Å². The lowest BCUT2D eigenvalue weighted by Crippen LogP contribution is -2.44. The summed E-state index contributed by atoms with van der Waals surface area (Å²) in [5.41, 5.74) is 0.515. The lowest BCUT2D eigenvalue weighted by atomic mass is 9.75. The van der Waals surface area contributed by atoms with E-state index in [4.69, 9.17) is 9.47 Å². The minimum absolute atomic E-state index is 0.241. The van der Waals surface area contributed by atoms with Gasteiger partial charge in [-0.2, -0.15) is 0 Å². The van der Waals surface area contributed by atoms with Gasteiger partial charge >= 0.3 is 0 Å². The number of likely N-dealkylation sites (tertiary alicyclic amines) is 1. The molecule has 0 aliphatic carbocycles. The summed E-state index contributed by atoms with van der Waals surface area (Å²) in [5.74, 6) is 0. The predicted octanol–water partition coefficient (Wildman–Crippen LogP) is 1.50. The van der Waals surface area contributed by atoms with Crippen molar-refractivity contribution in [3.63, 3.8) is 0 Å². The maximum atomic E-state index is 5.55. The first-order chi connectivity index (χ1) is 9.23. The lowest BCUT2D eigenvalue weighted by molar-refractivity contribution is -0.00461. The first-order valence-electron chi connectivity index (χ1n) is 7.71. The maximum Gasteiger partial charge on any atom is 0.0971 e. The fourth-order valence-corrected chi connectivity index (χ4v) is 3.85. The van der Waals surface area contributed by atoms with Gasteiger partial charge in [0.15, 0.2) is 0 Å². The van der Waals surface area contributed by atoms with Gasteiger partial charge in [0, 0.05) is 33.9 Å². The normalized spacial score (nSPS) is 31.7. The van der Waals surface area contributed by atoms with Crippen LogP contribution in [0.2, 0.25) is 0 Å². The molecule has 0 aromatic rings. The van der Waals surface area contributed by atoms with Gasteiger partial charge in [0.05, 0.1) is 12.2 Å². The second-order valence-electron chi connectivity index (χ2n) is 6.24. The number of nitrogens with one attached hydrogen (secondary N) is 1. The zero-order chi connectivity index (χ0) is 13.7. The quantitative estimate of drug-likeness (QED) is 0.793. The number of piperidine rings is 1. The molecule has 112 valence electrons. The highest BCUT2D eigenvalue weighted by atomic mass is 16.5. The molecule has 19 heavy (non-hydrogen) atoms. The van der Waals surface area contributed by atoms with Crippen molar-refractivity contribution >= 4 is 0 Å². The number of hydrogen-bond acceptors (Lipinski definition) is 4. The molecule has 0 radical (unpaired) electrons. The largest absolute Gasteiger partial charge is 0.377 e. The van der Waals surface area contributed by atoms with Crippen molar-refractivity contribution in [3.8, 4) is 0 Å². The molecule has 0 saturated carbocycles. The second kappa shape index (κ2) is 7.02. The number of rotatable bonds is 6. The molecule has 0 aromatic carbocycles. The van der Waals surface area contributed by atoms with Crippen LogP contribution in [-0.2, 0) is 9.47 Å². The zero-order valence-electron chi connectivity index (χ0n) is 12.8. The van der Waals surface area contributed by atoms with Gasteiger partial charge in [0.25, 0.3) is 0 Å². The topological polar surface area (TPSA) is 33.7 Å². The van der Waals surface area contributed by atoms with E-state index < -0.39 is 0 Å². The van der Waals surface area contributed by atoms with Gasteiger partial charge in [-0.3, -0.25) is 4.90 Å². The fourth-order valence-electron chi connectivity index (χ4n) is 3.85. The Balaban J connectivity index is 1.94. The van der Waals surface area contributed by atoms with E-state index in [0.29, 0.717) is 5.41 Å². The maximum absolute atomic E-state index is 5.55. The van der Waals surface area contributed by atoms with Crippen molar-refractivity contribution in [2.24, 2.45) is 5.41 Å². The Hall–Kier alpha value is -0.160. The molecule has 2 saturated heterocycles. The molecule has 0 spiro atoms. The molecule has 4 nitrogen and oxygen atoms in total. The number of hydrogen-bond donors (Lipinski definition) is 1. The van der Waals surface area contributed by atoms with Crippen LogP contribution in [-0.4, -0.2) is 64.1 Å². The van der Waals surface area contributed by atoms with Gasteiger partial charge in [0.1, 0.15) is 0 Å². The van der Waals surface area contributed by atoms with Gasteiger partial charge in [-0.25, -0.2) is 0 Å². The van der Waals surface area contributed by atoms with Crippen LogP contribution in [0.15, 0.2) is 0 Å². The summed E-state index contributed by atoms with van der Waals surface area (Å²) in [7, 11) is 3.60. The van der Waals surface area contributed by atoms with Gasteiger partial charge in [0.2, 0.25) is 0 Å². The van der Waals surface area contributed by atoms with Crippen molar-refractivity contribution in [1.82, 2.24) is 10.2 Å². The molecule has 2 fully saturated rings. The Kier molecular flexibility index (Phi) is 5.63. The van der Waals surface area contributed by atoms with Gasteiger partial charge in [-0.1, -0.05) is 13.3 Å². The molecule has 2 atom stereocenters. The van der Waals surface area contributed by atoms with Crippen molar-refractivity contribution < 1.29 is 9.47 Å². The predicted molar refractivity (Wildman–Crippen MR) is 77.5 cm³/mol. The van der Waals surface area contributed by atoms with Crippen LogP contribution in [0.25, 0.3) is 0 Å². The Labute approximate surface area is 117 Å².